The molecule has 0 saturated carbocycles. The molecule has 3 aromatic heterocycles. The molecule has 5 nitrogen and oxygen atoms in total. The summed E-state index contributed by atoms with van der Waals surface area (Å²) < 4.78 is 1.94. The van der Waals surface area contributed by atoms with Crippen molar-refractivity contribution in [3.8, 4) is 11.1 Å². The Morgan fingerprint density at radius 1 is 1.07 bits per heavy atom. The topological polar surface area (TPSA) is 59.3 Å². The number of carbonyl (C=O) groups is 1. The van der Waals surface area contributed by atoms with Gasteiger partial charge in [-0.3, -0.25) is 9.78 Å². The number of carbonyl (C=O) groups excluding carboxylic acids is 1. The summed E-state index contributed by atoms with van der Waals surface area (Å²) in [5.74, 6) is -0.121. The molecule has 28 heavy (non-hydrogen) atoms. The number of fused-ring (bicyclic) bond motifs is 1. The second kappa shape index (κ2) is 7.27. The monoisotopic (exact) mass is 370 g/mol. The Morgan fingerprint density at radius 3 is 2.57 bits per heavy atom. The minimum Gasteiger partial charge on any atom is -0.345 e. The van der Waals surface area contributed by atoms with Gasteiger partial charge in [0.2, 0.25) is 0 Å². The predicted octanol–water partition coefficient (Wildman–Crippen LogP) is 4.50. The summed E-state index contributed by atoms with van der Waals surface area (Å²) >= 11 is 0. The van der Waals surface area contributed by atoms with Gasteiger partial charge >= 0.3 is 0 Å². The molecule has 3 heterocycles. The van der Waals surface area contributed by atoms with Crippen LogP contribution in [0.2, 0.25) is 0 Å². The molecular formula is C23H22N4O. The van der Waals surface area contributed by atoms with Gasteiger partial charge in [-0.15, -0.1) is 0 Å². The third kappa shape index (κ3) is 3.39. The smallest absolute Gasteiger partial charge is 0.255 e. The standard InChI is InChI=1S/C23H22N4O/c1-15-13-16(2)27-12-10-21(22(27)25-15)23(28)26-17(3)18-6-8-19(9-7-18)20-5-4-11-24-14-20/h4-14,17H,1-3H3,(H,26,28). The van der Waals surface area contributed by atoms with Gasteiger partial charge in [0.25, 0.3) is 5.91 Å². The number of benzene rings is 1. The molecule has 0 aliphatic rings. The fourth-order valence-corrected chi connectivity index (χ4v) is 3.43. The second-order valence-electron chi connectivity index (χ2n) is 7.02. The fraction of sp³-hybridized carbons (Fsp3) is 0.174. The molecular weight excluding hydrogens is 348 g/mol. The van der Waals surface area contributed by atoms with Crippen molar-refractivity contribution in [3.63, 3.8) is 0 Å². The first-order chi connectivity index (χ1) is 13.5. The van der Waals surface area contributed by atoms with Crippen LogP contribution in [0.15, 0.2) is 67.1 Å². The Morgan fingerprint density at radius 2 is 1.86 bits per heavy atom. The number of nitrogens with zero attached hydrogens (tertiary/aromatic N) is 3. The summed E-state index contributed by atoms with van der Waals surface area (Å²) in [7, 11) is 0. The lowest BCUT2D eigenvalue weighted by molar-refractivity contribution is 0.0941. The van der Waals surface area contributed by atoms with E-state index in [0.29, 0.717) is 11.2 Å². The van der Waals surface area contributed by atoms with E-state index in [9.17, 15) is 4.79 Å². The summed E-state index contributed by atoms with van der Waals surface area (Å²) in [4.78, 5) is 21.5. The van der Waals surface area contributed by atoms with E-state index in [1.165, 1.54) is 0 Å². The molecule has 5 heteroatoms. The summed E-state index contributed by atoms with van der Waals surface area (Å²) in [6, 6.07) is 15.8. The molecule has 0 aliphatic heterocycles. The first-order valence-electron chi connectivity index (χ1n) is 9.29. The van der Waals surface area contributed by atoms with E-state index in [1.807, 2.05) is 74.0 Å². The molecule has 1 aromatic carbocycles. The van der Waals surface area contributed by atoms with Gasteiger partial charge in [0.05, 0.1) is 11.6 Å². The number of aromatic nitrogens is 3. The number of hydrogen-bond acceptors (Lipinski definition) is 3. The van der Waals surface area contributed by atoms with Gasteiger partial charge in [-0.05, 0) is 55.7 Å². The third-order valence-electron chi connectivity index (χ3n) is 4.94. The van der Waals surface area contributed by atoms with Gasteiger partial charge in [-0.2, -0.15) is 0 Å². The lowest BCUT2D eigenvalue weighted by atomic mass is 10.0. The SMILES string of the molecule is Cc1cc(C)n2ccc(C(=O)NC(C)c3ccc(-c4cccnc4)cc3)c2n1. The van der Waals surface area contributed by atoms with E-state index in [-0.39, 0.29) is 11.9 Å². The van der Waals surface area contributed by atoms with E-state index < -0.39 is 0 Å². The van der Waals surface area contributed by atoms with Crippen LogP contribution in [-0.2, 0) is 0 Å². The zero-order chi connectivity index (χ0) is 19.7. The number of pyridine rings is 1. The van der Waals surface area contributed by atoms with Crippen LogP contribution in [-0.4, -0.2) is 20.3 Å². The van der Waals surface area contributed by atoms with E-state index in [0.717, 1.165) is 28.1 Å². The predicted molar refractivity (Wildman–Crippen MR) is 110 cm³/mol. The van der Waals surface area contributed by atoms with Gasteiger partial charge in [0, 0.05) is 30.0 Å². The van der Waals surface area contributed by atoms with E-state index >= 15 is 0 Å². The molecule has 4 rings (SSSR count). The van der Waals surface area contributed by atoms with Crippen LogP contribution in [0.5, 0.6) is 0 Å². The van der Waals surface area contributed by atoms with Crippen molar-refractivity contribution in [1.82, 2.24) is 19.7 Å². The van der Waals surface area contributed by atoms with Gasteiger partial charge in [-0.1, -0.05) is 30.3 Å². The van der Waals surface area contributed by atoms with Crippen molar-refractivity contribution in [2.45, 2.75) is 26.8 Å². The quantitative estimate of drug-likeness (QED) is 0.575. The molecule has 0 spiro atoms. The third-order valence-corrected chi connectivity index (χ3v) is 4.94. The molecule has 0 saturated heterocycles. The summed E-state index contributed by atoms with van der Waals surface area (Å²) in [5, 5.41) is 3.08. The Bertz CT molecular complexity index is 1130. The van der Waals surface area contributed by atoms with Crippen LogP contribution in [0, 0.1) is 13.8 Å². The van der Waals surface area contributed by atoms with Crippen LogP contribution in [0.25, 0.3) is 16.8 Å². The number of nitrogens with one attached hydrogen (secondary N) is 1. The van der Waals surface area contributed by atoms with Crippen LogP contribution < -0.4 is 5.32 Å². The number of aryl methyl sites for hydroxylation is 2. The maximum absolute atomic E-state index is 12.8. The molecule has 0 bridgehead atoms. The van der Waals surface area contributed by atoms with Crippen LogP contribution in [0.3, 0.4) is 0 Å². The number of hydrogen-bond donors (Lipinski definition) is 1. The Kier molecular flexibility index (Phi) is 4.65. The zero-order valence-electron chi connectivity index (χ0n) is 16.2. The van der Waals surface area contributed by atoms with Gasteiger partial charge < -0.3 is 9.72 Å². The van der Waals surface area contributed by atoms with Crippen LogP contribution >= 0.6 is 0 Å². The largest absolute Gasteiger partial charge is 0.345 e. The molecule has 0 fully saturated rings. The normalized spacial score (nSPS) is 12.1. The van der Waals surface area contributed by atoms with Crippen molar-refractivity contribution >= 4 is 11.6 Å². The van der Waals surface area contributed by atoms with Gasteiger partial charge in [-0.25, -0.2) is 4.98 Å². The van der Waals surface area contributed by atoms with Crippen molar-refractivity contribution in [2.75, 3.05) is 0 Å². The van der Waals surface area contributed by atoms with E-state index in [1.54, 1.807) is 6.20 Å². The zero-order valence-corrected chi connectivity index (χ0v) is 16.2. The fourth-order valence-electron chi connectivity index (χ4n) is 3.43. The second-order valence-corrected chi connectivity index (χ2v) is 7.02. The molecule has 1 N–H and O–H groups in total. The number of amides is 1. The average molecular weight is 370 g/mol. The lowest BCUT2D eigenvalue weighted by Gasteiger charge is -2.15. The maximum atomic E-state index is 12.8. The minimum absolute atomic E-state index is 0.115. The van der Waals surface area contributed by atoms with Crippen LogP contribution in [0.4, 0.5) is 0 Å². The first-order valence-corrected chi connectivity index (χ1v) is 9.29. The molecule has 4 aromatic rings. The molecule has 140 valence electrons. The number of rotatable bonds is 4. The maximum Gasteiger partial charge on any atom is 0.255 e. The minimum atomic E-state index is -0.121. The highest BCUT2D eigenvalue weighted by Gasteiger charge is 2.17. The van der Waals surface area contributed by atoms with Gasteiger partial charge in [0.15, 0.2) is 0 Å². The molecule has 1 unspecified atom stereocenters. The molecule has 1 amide bonds. The molecule has 0 radical (unpaired) electrons. The van der Waals surface area contributed by atoms with E-state index in [4.69, 9.17) is 0 Å². The summed E-state index contributed by atoms with van der Waals surface area (Å²) in [5.41, 5.74) is 6.45. The molecule has 0 aliphatic carbocycles. The Balaban J connectivity index is 1.54. The highest BCUT2D eigenvalue weighted by atomic mass is 16.1. The van der Waals surface area contributed by atoms with E-state index in [2.05, 4.69) is 27.4 Å². The highest BCUT2D eigenvalue weighted by Crippen LogP contribution is 2.22. The lowest BCUT2D eigenvalue weighted by Crippen LogP contribution is -2.26. The summed E-state index contributed by atoms with van der Waals surface area (Å²) in [6.45, 7) is 5.93. The Labute approximate surface area is 164 Å². The van der Waals surface area contributed by atoms with Crippen molar-refractivity contribution in [2.24, 2.45) is 0 Å². The van der Waals surface area contributed by atoms with Crippen molar-refractivity contribution in [1.29, 1.82) is 0 Å². The average Bonchev–Trinajstić information content (AvgIpc) is 3.13. The van der Waals surface area contributed by atoms with Gasteiger partial charge in [0.1, 0.15) is 5.65 Å². The van der Waals surface area contributed by atoms with Crippen LogP contribution in [0.1, 0.15) is 40.3 Å². The van der Waals surface area contributed by atoms with Crippen molar-refractivity contribution in [3.05, 3.63) is 89.6 Å². The molecule has 1 atom stereocenters. The van der Waals surface area contributed by atoms with Crippen molar-refractivity contribution < 1.29 is 4.79 Å². The first kappa shape index (κ1) is 17.9. The Hall–Kier alpha value is -3.47. The highest BCUT2D eigenvalue weighted by molar-refractivity contribution is 6.00. The summed E-state index contributed by atoms with van der Waals surface area (Å²) in [6.07, 6.45) is 5.49.